The Balaban J connectivity index is 1.72. The van der Waals surface area contributed by atoms with Crippen LogP contribution in [0.15, 0.2) is 47.5 Å². The van der Waals surface area contributed by atoms with Crippen LogP contribution in [0, 0.1) is 22.7 Å². The van der Waals surface area contributed by atoms with Crippen molar-refractivity contribution in [1.29, 1.82) is 10.5 Å². The minimum Gasteiger partial charge on any atom is -0.368 e. The van der Waals surface area contributed by atoms with Gasteiger partial charge in [0, 0.05) is 26.2 Å². The highest BCUT2D eigenvalue weighted by Gasteiger charge is 2.28. The van der Waals surface area contributed by atoms with E-state index in [9.17, 15) is 8.42 Å². The highest BCUT2D eigenvalue weighted by atomic mass is 32.2. The summed E-state index contributed by atoms with van der Waals surface area (Å²) in [6.07, 6.45) is 1.62. The number of pyridine rings is 1. The van der Waals surface area contributed by atoms with Crippen LogP contribution in [0.1, 0.15) is 11.3 Å². The Morgan fingerprint density at radius 3 is 2.36 bits per heavy atom. The molecule has 1 aromatic heterocycles. The van der Waals surface area contributed by atoms with Gasteiger partial charge < -0.3 is 4.90 Å². The first kappa shape index (κ1) is 16.9. The molecule has 8 heteroatoms. The number of nitriles is 2. The molecular formula is C17H15N5O2S. The van der Waals surface area contributed by atoms with Crippen LogP contribution in [0.4, 0.5) is 5.69 Å². The Labute approximate surface area is 146 Å². The van der Waals surface area contributed by atoms with E-state index in [1.54, 1.807) is 24.4 Å². The molecule has 0 amide bonds. The quantitative estimate of drug-likeness (QED) is 0.825. The van der Waals surface area contributed by atoms with Crippen molar-refractivity contribution < 1.29 is 8.42 Å². The van der Waals surface area contributed by atoms with Crippen molar-refractivity contribution in [3.63, 3.8) is 0 Å². The van der Waals surface area contributed by atoms with E-state index in [2.05, 4.69) is 4.98 Å². The summed E-state index contributed by atoms with van der Waals surface area (Å²) in [5, 5.41) is 17.7. The molecule has 0 unspecified atom stereocenters. The van der Waals surface area contributed by atoms with Gasteiger partial charge in [-0.2, -0.15) is 14.8 Å². The monoisotopic (exact) mass is 353 g/mol. The SMILES string of the molecule is N#Cc1cccc(S(=O)(=O)N2CCN(c3ccc(C#N)nc3)CC2)c1. The highest BCUT2D eigenvalue weighted by molar-refractivity contribution is 7.89. The molecule has 0 radical (unpaired) electrons. The third-order valence-electron chi connectivity index (χ3n) is 4.07. The first-order valence-electron chi connectivity index (χ1n) is 7.66. The van der Waals surface area contributed by atoms with Crippen molar-refractivity contribution in [2.24, 2.45) is 0 Å². The van der Waals surface area contributed by atoms with Gasteiger partial charge in [-0.1, -0.05) is 6.07 Å². The standard InChI is InChI=1S/C17H15N5O2S/c18-11-14-2-1-3-17(10-14)25(23,24)22-8-6-21(7-9-22)16-5-4-15(12-19)20-13-16/h1-5,10,13H,6-9H2. The van der Waals surface area contributed by atoms with Crippen molar-refractivity contribution in [3.8, 4) is 12.1 Å². The molecule has 1 aromatic carbocycles. The molecule has 7 nitrogen and oxygen atoms in total. The number of piperazine rings is 1. The van der Waals surface area contributed by atoms with E-state index in [1.807, 2.05) is 23.1 Å². The summed E-state index contributed by atoms with van der Waals surface area (Å²) >= 11 is 0. The van der Waals surface area contributed by atoms with E-state index in [0.29, 0.717) is 37.4 Å². The van der Waals surface area contributed by atoms with Gasteiger partial charge in [0.2, 0.25) is 10.0 Å². The van der Waals surface area contributed by atoms with Crippen LogP contribution in [0.3, 0.4) is 0 Å². The molecule has 2 aromatic rings. The van der Waals surface area contributed by atoms with Crippen molar-refractivity contribution in [2.45, 2.75) is 4.90 Å². The Bertz CT molecular complexity index is 950. The van der Waals surface area contributed by atoms with Gasteiger partial charge in [0.25, 0.3) is 0 Å². The summed E-state index contributed by atoms with van der Waals surface area (Å²) in [4.78, 5) is 6.21. The third kappa shape index (κ3) is 3.45. The predicted molar refractivity (Wildman–Crippen MR) is 91.1 cm³/mol. The van der Waals surface area contributed by atoms with Gasteiger partial charge >= 0.3 is 0 Å². The molecule has 0 spiro atoms. The number of hydrogen-bond acceptors (Lipinski definition) is 6. The summed E-state index contributed by atoms with van der Waals surface area (Å²) in [6.45, 7) is 1.76. The molecule has 1 aliphatic rings. The van der Waals surface area contributed by atoms with E-state index in [1.165, 1.54) is 16.4 Å². The van der Waals surface area contributed by atoms with Gasteiger partial charge in [-0.3, -0.25) is 0 Å². The number of rotatable bonds is 3. The predicted octanol–water partition coefficient (Wildman–Crippen LogP) is 1.34. The average Bonchev–Trinajstić information content (AvgIpc) is 2.68. The minimum absolute atomic E-state index is 0.139. The van der Waals surface area contributed by atoms with Gasteiger partial charge in [0.05, 0.1) is 28.4 Å². The zero-order chi connectivity index (χ0) is 17.9. The molecule has 25 heavy (non-hydrogen) atoms. The van der Waals surface area contributed by atoms with Crippen LogP contribution >= 0.6 is 0 Å². The molecule has 2 heterocycles. The Morgan fingerprint density at radius 2 is 1.76 bits per heavy atom. The average molecular weight is 353 g/mol. The van der Waals surface area contributed by atoms with Crippen LogP contribution in [-0.4, -0.2) is 43.9 Å². The summed E-state index contributed by atoms with van der Waals surface area (Å²) in [5.74, 6) is 0. The van der Waals surface area contributed by atoms with Crippen LogP contribution in [-0.2, 0) is 10.0 Å². The van der Waals surface area contributed by atoms with Crippen LogP contribution in [0.25, 0.3) is 0 Å². The third-order valence-corrected chi connectivity index (χ3v) is 5.96. The number of sulfonamides is 1. The molecule has 1 fully saturated rings. The van der Waals surface area contributed by atoms with Gasteiger partial charge in [-0.15, -0.1) is 0 Å². The van der Waals surface area contributed by atoms with Crippen molar-refractivity contribution in [3.05, 3.63) is 53.9 Å². The number of benzene rings is 1. The number of aromatic nitrogens is 1. The molecule has 1 aliphatic heterocycles. The van der Waals surface area contributed by atoms with E-state index in [4.69, 9.17) is 10.5 Å². The number of anilines is 1. The van der Waals surface area contributed by atoms with E-state index >= 15 is 0 Å². The number of hydrogen-bond donors (Lipinski definition) is 0. The Kier molecular flexibility index (Phi) is 4.66. The smallest absolute Gasteiger partial charge is 0.243 e. The van der Waals surface area contributed by atoms with Gasteiger partial charge in [-0.25, -0.2) is 13.4 Å². The summed E-state index contributed by atoms with van der Waals surface area (Å²) in [7, 11) is -3.61. The lowest BCUT2D eigenvalue weighted by atomic mass is 10.2. The maximum atomic E-state index is 12.7. The van der Waals surface area contributed by atoms with Crippen molar-refractivity contribution >= 4 is 15.7 Å². The normalized spacial score (nSPS) is 15.4. The molecule has 0 atom stereocenters. The maximum Gasteiger partial charge on any atom is 0.243 e. The number of nitrogens with zero attached hydrogens (tertiary/aromatic N) is 5. The fraction of sp³-hybridized carbons (Fsp3) is 0.235. The lowest BCUT2D eigenvalue weighted by molar-refractivity contribution is 0.385. The largest absolute Gasteiger partial charge is 0.368 e. The molecule has 1 saturated heterocycles. The molecule has 0 N–H and O–H groups in total. The van der Waals surface area contributed by atoms with Gasteiger partial charge in [0.1, 0.15) is 11.8 Å². The minimum atomic E-state index is -3.61. The second-order valence-corrected chi connectivity index (χ2v) is 7.48. The second kappa shape index (κ2) is 6.89. The van der Waals surface area contributed by atoms with E-state index < -0.39 is 10.0 Å². The molecular weight excluding hydrogens is 338 g/mol. The fourth-order valence-electron chi connectivity index (χ4n) is 2.70. The Hall–Kier alpha value is -2.94. The Morgan fingerprint density at radius 1 is 1.00 bits per heavy atom. The molecule has 0 saturated carbocycles. The fourth-order valence-corrected chi connectivity index (χ4v) is 4.17. The lowest BCUT2D eigenvalue weighted by Crippen LogP contribution is -2.48. The van der Waals surface area contributed by atoms with Crippen molar-refractivity contribution in [1.82, 2.24) is 9.29 Å². The molecule has 126 valence electrons. The highest BCUT2D eigenvalue weighted by Crippen LogP contribution is 2.21. The molecule has 0 bridgehead atoms. The topological polar surface area (TPSA) is 101 Å². The van der Waals surface area contributed by atoms with Crippen molar-refractivity contribution in [2.75, 3.05) is 31.1 Å². The van der Waals surface area contributed by atoms with Gasteiger partial charge in [-0.05, 0) is 30.3 Å². The zero-order valence-electron chi connectivity index (χ0n) is 13.3. The van der Waals surface area contributed by atoms with E-state index in [-0.39, 0.29) is 4.90 Å². The van der Waals surface area contributed by atoms with Crippen LogP contribution in [0.2, 0.25) is 0 Å². The van der Waals surface area contributed by atoms with Gasteiger partial charge in [0.15, 0.2) is 0 Å². The maximum absolute atomic E-state index is 12.7. The van der Waals surface area contributed by atoms with Crippen LogP contribution in [0.5, 0.6) is 0 Å². The second-order valence-electron chi connectivity index (χ2n) is 5.54. The first-order chi connectivity index (χ1) is 12.0. The molecule has 0 aliphatic carbocycles. The first-order valence-corrected chi connectivity index (χ1v) is 9.10. The lowest BCUT2D eigenvalue weighted by Gasteiger charge is -2.35. The summed E-state index contributed by atoms with van der Waals surface area (Å²) in [6, 6.07) is 13.4. The summed E-state index contributed by atoms with van der Waals surface area (Å²) < 4.78 is 26.9. The zero-order valence-corrected chi connectivity index (χ0v) is 14.1. The van der Waals surface area contributed by atoms with E-state index in [0.717, 1.165) is 5.69 Å². The van der Waals surface area contributed by atoms with Crippen LogP contribution < -0.4 is 4.90 Å². The molecule has 3 rings (SSSR count). The summed E-state index contributed by atoms with van der Waals surface area (Å²) in [5.41, 5.74) is 1.54.